The first kappa shape index (κ1) is 16.8. The Morgan fingerprint density at radius 1 is 1.27 bits per heavy atom. The van der Waals surface area contributed by atoms with Gasteiger partial charge in [0.05, 0.1) is 18.3 Å². The largest absolute Gasteiger partial charge is 0.370 e. The number of carbonyl (C=O) groups excluding carboxylic acids is 1. The van der Waals surface area contributed by atoms with Crippen molar-refractivity contribution < 1.29 is 9.53 Å². The Bertz CT molecular complexity index is 793. The summed E-state index contributed by atoms with van der Waals surface area (Å²) in [6.07, 6.45) is 4.14. The lowest BCUT2D eigenvalue weighted by Gasteiger charge is -2.32. The number of nitrogens with one attached hydrogen (secondary N) is 1. The number of amides is 1. The van der Waals surface area contributed by atoms with Crippen LogP contribution in [0.15, 0.2) is 24.7 Å². The van der Waals surface area contributed by atoms with E-state index in [4.69, 9.17) is 4.74 Å². The number of hydrogen-bond acceptors (Lipinski definition) is 7. The van der Waals surface area contributed by atoms with E-state index in [1.54, 1.807) is 11.1 Å². The van der Waals surface area contributed by atoms with Gasteiger partial charge in [-0.3, -0.25) is 9.48 Å². The standard InChI is InChI=1S/C17H23N7O2/c1-22-6-7-24(10-16(22)25)15-9-14(18-11-19-15)21-12-4-8-26-17(12)13-3-5-20-23(13)2/h3,5,9,11-12,17H,4,6-8,10H2,1-2H3,(H,18,19,21)/t12-,17-/m0/s1. The van der Waals surface area contributed by atoms with Crippen molar-refractivity contribution in [1.29, 1.82) is 0 Å². The van der Waals surface area contributed by atoms with Crippen LogP contribution in [-0.2, 0) is 16.6 Å². The zero-order chi connectivity index (χ0) is 18.1. The first-order valence-corrected chi connectivity index (χ1v) is 8.79. The smallest absolute Gasteiger partial charge is 0.241 e. The molecule has 0 aliphatic carbocycles. The van der Waals surface area contributed by atoms with Gasteiger partial charge in [0.2, 0.25) is 5.91 Å². The topological polar surface area (TPSA) is 88.4 Å². The van der Waals surface area contributed by atoms with Gasteiger partial charge >= 0.3 is 0 Å². The molecule has 4 rings (SSSR count). The van der Waals surface area contributed by atoms with E-state index in [0.29, 0.717) is 19.7 Å². The summed E-state index contributed by atoms with van der Waals surface area (Å²) in [5, 5.41) is 7.70. The van der Waals surface area contributed by atoms with Crippen molar-refractivity contribution in [2.24, 2.45) is 7.05 Å². The Kier molecular flexibility index (Phi) is 4.46. The van der Waals surface area contributed by atoms with Gasteiger partial charge in [-0.25, -0.2) is 9.97 Å². The molecule has 0 unspecified atom stereocenters. The second-order valence-electron chi connectivity index (χ2n) is 6.71. The first-order valence-electron chi connectivity index (χ1n) is 8.79. The van der Waals surface area contributed by atoms with Crippen molar-refractivity contribution in [2.45, 2.75) is 18.6 Å². The molecule has 2 aliphatic heterocycles. The van der Waals surface area contributed by atoms with E-state index in [1.165, 1.54) is 6.33 Å². The number of aryl methyl sites for hydroxylation is 1. The molecule has 2 saturated heterocycles. The lowest BCUT2D eigenvalue weighted by atomic mass is 10.1. The molecule has 2 atom stereocenters. The van der Waals surface area contributed by atoms with Crippen LogP contribution in [0.1, 0.15) is 18.2 Å². The summed E-state index contributed by atoms with van der Waals surface area (Å²) in [6.45, 7) is 2.50. The average molecular weight is 357 g/mol. The molecule has 26 heavy (non-hydrogen) atoms. The fourth-order valence-electron chi connectivity index (χ4n) is 3.43. The molecule has 0 aromatic carbocycles. The van der Waals surface area contributed by atoms with Gasteiger partial charge in [0.1, 0.15) is 24.1 Å². The van der Waals surface area contributed by atoms with Gasteiger partial charge in [0.25, 0.3) is 0 Å². The number of nitrogens with zero attached hydrogens (tertiary/aromatic N) is 6. The second kappa shape index (κ2) is 6.91. The van der Waals surface area contributed by atoms with Gasteiger partial charge in [-0.2, -0.15) is 5.10 Å². The molecule has 0 spiro atoms. The molecule has 2 aromatic rings. The summed E-state index contributed by atoms with van der Waals surface area (Å²) < 4.78 is 7.75. The van der Waals surface area contributed by atoms with E-state index in [2.05, 4.69) is 20.4 Å². The zero-order valence-electron chi connectivity index (χ0n) is 15.0. The minimum Gasteiger partial charge on any atom is -0.370 e. The Morgan fingerprint density at radius 2 is 2.15 bits per heavy atom. The Labute approximate surface area is 152 Å². The van der Waals surface area contributed by atoms with Crippen LogP contribution in [0.2, 0.25) is 0 Å². The molecule has 2 aliphatic rings. The summed E-state index contributed by atoms with van der Waals surface area (Å²) in [5.41, 5.74) is 1.04. The number of piperazine rings is 1. The fraction of sp³-hybridized carbons (Fsp3) is 0.529. The number of ether oxygens (including phenoxy) is 1. The lowest BCUT2D eigenvalue weighted by molar-refractivity contribution is -0.129. The van der Waals surface area contributed by atoms with Gasteiger partial charge in [-0.05, 0) is 12.5 Å². The third-order valence-corrected chi connectivity index (χ3v) is 5.01. The van der Waals surface area contributed by atoms with Crippen molar-refractivity contribution in [3.8, 4) is 0 Å². The van der Waals surface area contributed by atoms with Crippen LogP contribution >= 0.6 is 0 Å². The molecule has 0 bridgehead atoms. The molecule has 9 nitrogen and oxygen atoms in total. The van der Waals surface area contributed by atoms with E-state index in [0.717, 1.165) is 30.3 Å². The third kappa shape index (κ3) is 3.22. The normalized spacial score (nSPS) is 23.5. The highest BCUT2D eigenvalue weighted by Gasteiger charge is 2.32. The van der Waals surface area contributed by atoms with Gasteiger partial charge in [0, 0.05) is 46.1 Å². The van der Waals surface area contributed by atoms with E-state index < -0.39 is 0 Å². The Balaban J connectivity index is 1.49. The predicted octanol–water partition coefficient (Wildman–Crippen LogP) is 0.431. The molecular formula is C17H23N7O2. The molecule has 2 aromatic heterocycles. The van der Waals surface area contributed by atoms with E-state index in [9.17, 15) is 4.79 Å². The van der Waals surface area contributed by atoms with Crippen molar-refractivity contribution in [1.82, 2.24) is 24.6 Å². The van der Waals surface area contributed by atoms with Crippen LogP contribution in [0.25, 0.3) is 0 Å². The third-order valence-electron chi connectivity index (χ3n) is 5.01. The summed E-state index contributed by atoms with van der Waals surface area (Å²) in [6, 6.07) is 3.99. The number of rotatable bonds is 4. The van der Waals surface area contributed by atoms with Gasteiger partial charge in [-0.15, -0.1) is 0 Å². The number of carbonyl (C=O) groups is 1. The maximum atomic E-state index is 11.9. The van der Waals surface area contributed by atoms with Crippen LogP contribution in [0.3, 0.4) is 0 Å². The first-order chi connectivity index (χ1) is 12.6. The summed E-state index contributed by atoms with van der Waals surface area (Å²) in [4.78, 5) is 24.4. The van der Waals surface area contributed by atoms with Crippen molar-refractivity contribution in [3.63, 3.8) is 0 Å². The van der Waals surface area contributed by atoms with Crippen LogP contribution in [0.5, 0.6) is 0 Å². The van der Waals surface area contributed by atoms with E-state index in [1.807, 2.05) is 35.8 Å². The molecule has 2 fully saturated rings. The van der Waals surface area contributed by atoms with Crippen molar-refractivity contribution >= 4 is 17.5 Å². The molecule has 4 heterocycles. The fourth-order valence-corrected chi connectivity index (χ4v) is 3.43. The quantitative estimate of drug-likeness (QED) is 0.849. The number of hydrogen-bond donors (Lipinski definition) is 1. The van der Waals surface area contributed by atoms with Crippen LogP contribution in [0.4, 0.5) is 11.6 Å². The number of anilines is 2. The maximum Gasteiger partial charge on any atom is 0.241 e. The van der Waals surface area contributed by atoms with E-state index >= 15 is 0 Å². The molecule has 138 valence electrons. The van der Waals surface area contributed by atoms with Crippen LogP contribution < -0.4 is 10.2 Å². The second-order valence-corrected chi connectivity index (χ2v) is 6.71. The molecule has 0 saturated carbocycles. The Morgan fingerprint density at radius 3 is 2.92 bits per heavy atom. The van der Waals surface area contributed by atoms with E-state index in [-0.39, 0.29) is 18.1 Å². The maximum absolute atomic E-state index is 11.9. The average Bonchev–Trinajstić information content (AvgIpc) is 3.26. The molecular weight excluding hydrogens is 334 g/mol. The highest BCUT2D eigenvalue weighted by molar-refractivity contribution is 5.82. The highest BCUT2D eigenvalue weighted by atomic mass is 16.5. The van der Waals surface area contributed by atoms with Crippen molar-refractivity contribution in [3.05, 3.63) is 30.4 Å². The van der Waals surface area contributed by atoms with Crippen LogP contribution in [0, 0.1) is 0 Å². The number of likely N-dealkylation sites (N-methyl/N-ethyl adjacent to an activating group) is 1. The minimum atomic E-state index is -0.0638. The lowest BCUT2D eigenvalue weighted by Crippen LogP contribution is -2.48. The molecule has 0 radical (unpaired) electrons. The van der Waals surface area contributed by atoms with Gasteiger partial charge < -0.3 is 19.9 Å². The number of aromatic nitrogens is 4. The predicted molar refractivity (Wildman–Crippen MR) is 95.8 cm³/mol. The zero-order valence-corrected chi connectivity index (χ0v) is 15.0. The van der Waals surface area contributed by atoms with Crippen molar-refractivity contribution in [2.75, 3.05) is 43.5 Å². The summed E-state index contributed by atoms with van der Waals surface area (Å²) >= 11 is 0. The Hall–Kier alpha value is -2.68. The molecule has 9 heteroatoms. The highest BCUT2D eigenvalue weighted by Crippen LogP contribution is 2.31. The van der Waals surface area contributed by atoms with Crippen LogP contribution in [-0.4, -0.2) is 69.9 Å². The molecule has 1 N–H and O–H groups in total. The molecule has 1 amide bonds. The van der Waals surface area contributed by atoms with Gasteiger partial charge in [0.15, 0.2) is 0 Å². The SMILES string of the molecule is CN1CCN(c2cc(N[C@H]3CCO[C@@H]3c3ccnn3C)ncn2)CC1=O. The summed E-state index contributed by atoms with van der Waals surface area (Å²) in [5.74, 6) is 1.61. The monoisotopic (exact) mass is 357 g/mol. The van der Waals surface area contributed by atoms with Gasteiger partial charge in [-0.1, -0.05) is 0 Å². The minimum absolute atomic E-state index is 0.0638. The summed E-state index contributed by atoms with van der Waals surface area (Å²) in [7, 11) is 3.74.